The van der Waals surface area contributed by atoms with E-state index in [0.29, 0.717) is 0 Å². The summed E-state index contributed by atoms with van der Waals surface area (Å²) in [4.78, 5) is 0. The van der Waals surface area contributed by atoms with Gasteiger partial charge >= 0.3 is 54.6 Å². The molecular weight excluding hydrogens is 560 g/mol. The second kappa shape index (κ2) is 17.8. The van der Waals surface area contributed by atoms with Crippen molar-refractivity contribution in [2.45, 2.75) is 0 Å². The fourth-order valence-electron chi connectivity index (χ4n) is 0. The summed E-state index contributed by atoms with van der Waals surface area (Å²) in [7, 11) is 0. The van der Waals surface area contributed by atoms with E-state index in [0.717, 1.165) is 0 Å². The van der Waals surface area contributed by atoms with E-state index in [1.807, 2.05) is 0 Å². The second-order valence-corrected chi connectivity index (χ2v) is 0. The first-order valence-electron chi connectivity index (χ1n) is 0. The van der Waals surface area contributed by atoms with Crippen LogP contribution in [0.25, 0.3) is 0 Å². The summed E-state index contributed by atoms with van der Waals surface area (Å²) in [5.74, 6) is 0. The van der Waals surface area contributed by atoms with Crippen LogP contribution in [-0.4, -0.2) is 54.6 Å². The molecule has 4 radical (unpaired) electrons. The Labute approximate surface area is 81.8 Å². The Morgan fingerprint density at radius 3 is 0.750 bits per heavy atom. The van der Waals surface area contributed by atoms with Gasteiger partial charge in [0.2, 0.25) is 0 Å². The van der Waals surface area contributed by atoms with Gasteiger partial charge in [0.15, 0.2) is 0 Å². The first-order valence-corrected chi connectivity index (χ1v) is 0. The van der Waals surface area contributed by atoms with E-state index < -0.39 is 0 Å². The molecule has 0 amide bonds. The summed E-state index contributed by atoms with van der Waals surface area (Å²) < 4.78 is 0. The average molecular weight is 566 g/mol. The third-order valence-electron chi connectivity index (χ3n) is 0. The monoisotopic (exact) mass is 568 g/mol. The Balaban J connectivity index is 0. The third kappa shape index (κ3) is 8.82. The fraction of sp³-hybridized carbons (Fsp3) is 0. The van der Waals surface area contributed by atoms with Gasteiger partial charge in [0.1, 0.15) is 0 Å². The van der Waals surface area contributed by atoms with Gasteiger partial charge in [-0.05, 0) is 0 Å². The summed E-state index contributed by atoms with van der Waals surface area (Å²) in [6.45, 7) is 0. The number of rotatable bonds is 0. The normalized spacial score (nSPS) is 0. The van der Waals surface area contributed by atoms with Gasteiger partial charge in [-0.1, -0.05) is 0 Å². The van der Waals surface area contributed by atoms with Gasteiger partial charge in [-0.2, -0.15) is 0 Å². The zero-order chi connectivity index (χ0) is 0. The predicted octanol–water partition coefficient (Wildman–Crippen LogP) is -1.06. The molecule has 0 aromatic heterocycles. The van der Waals surface area contributed by atoms with Crippen LogP contribution < -0.4 is 0 Å². The summed E-state index contributed by atoms with van der Waals surface area (Å²) in [5, 5.41) is 0. The van der Waals surface area contributed by atoms with Crippen molar-refractivity contribution >= 4 is 78.6 Å². The summed E-state index contributed by atoms with van der Waals surface area (Å²) in [5.41, 5.74) is 0. The Morgan fingerprint density at radius 1 is 0.750 bits per heavy atom. The molecule has 0 bridgehead atoms. The Kier molecular flexibility index (Phi) is 140. The zero-order valence-corrected chi connectivity index (χ0v) is 15.6. The number of hydrogen-bond acceptors (Lipinski definition) is 0. The van der Waals surface area contributed by atoms with Gasteiger partial charge < -0.3 is 0 Å². The Hall–Kier alpha value is 2.50. The van der Waals surface area contributed by atoms with E-state index >= 15 is 0 Å². The molecule has 4 heteroatoms. The van der Waals surface area contributed by atoms with Gasteiger partial charge in [-0.3, -0.25) is 4.70 Å². The molecule has 0 unspecified atom stereocenters. The van der Waals surface area contributed by atoms with Crippen LogP contribution >= 0.6 is 24.0 Å². The summed E-state index contributed by atoms with van der Waals surface area (Å²) in [6, 6.07) is 0. The van der Waals surface area contributed by atoms with E-state index in [4.69, 9.17) is 0 Å². The number of halogens is 2. The van der Waals surface area contributed by atoms with Crippen LogP contribution in [-0.2, 0) is 0 Å². The first-order chi connectivity index (χ1) is 0. The van der Waals surface area contributed by atoms with E-state index in [9.17, 15) is 0 Å². The molecular formula is H6FIPb2. The van der Waals surface area contributed by atoms with Crippen LogP contribution in [0.1, 0.15) is 0 Å². The Morgan fingerprint density at radius 2 is 0.750 bits per heavy atom. The van der Waals surface area contributed by atoms with Crippen LogP contribution in [0, 0.1) is 0 Å². The maximum atomic E-state index is 0. The van der Waals surface area contributed by atoms with E-state index in [-0.39, 0.29) is 83.3 Å². The molecule has 0 atom stereocenters. The molecule has 4 heavy (non-hydrogen) atoms. The van der Waals surface area contributed by atoms with Crippen LogP contribution in [0.3, 0.4) is 0 Å². The van der Waals surface area contributed by atoms with Crippen LogP contribution in [0.15, 0.2) is 0 Å². The van der Waals surface area contributed by atoms with Gasteiger partial charge in [0.25, 0.3) is 0 Å². The van der Waals surface area contributed by atoms with Crippen LogP contribution in [0.2, 0.25) is 0 Å². The molecule has 0 aromatic rings. The third-order valence-corrected chi connectivity index (χ3v) is 0. The van der Waals surface area contributed by atoms with Crippen LogP contribution in [0.5, 0.6) is 0 Å². The standard InChI is InChI=1S/FH.HI.2Pb.4H/h2*1H;;;;;;. The van der Waals surface area contributed by atoms with Crippen molar-refractivity contribution in [2.75, 3.05) is 0 Å². The molecule has 0 spiro atoms. The molecule has 0 aliphatic carbocycles. The predicted molar refractivity (Wildman–Crippen MR) is 35.0 cm³/mol. The fourth-order valence-corrected chi connectivity index (χ4v) is 0. The first kappa shape index (κ1) is 31.4. The topological polar surface area (TPSA) is 0 Å². The van der Waals surface area contributed by atoms with Gasteiger partial charge in [-0.25, -0.2) is 0 Å². The molecule has 0 fully saturated rings. The summed E-state index contributed by atoms with van der Waals surface area (Å²) in [6.07, 6.45) is 0. The maximum absolute atomic E-state index is 0. The van der Waals surface area contributed by atoms with E-state index in [2.05, 4.69) is 0 Å². The molecule has 0 aliphatic rings. The molecule has 0 heterocycles. The van der Waals surface area contributed by atoms with E-state index in [1.54, 1.807) is 0 Å². The van der Waals surface area contributed by atoms with Crippen molar-refractivity contribution in [3.63, 3.8) is 0 Å². The summed E-state index contributed by atoms with van der Waals surface area (Å²) >= 11 is 0. The van der Waals surface area contributed by atoms with Gasteiger partial charge in [-0.15, -0.1) is 24.0 Å². The minimum atomic E-state index is 0. The van der Waals surface area contributed by atoms with Crippen molar-refractivity contribution in [3.05, 3.63) is 0 Å². The van der Waals surface area contributed by atoms with Gasteiger partial charge in [0, 0.05) is 0 Å². The molecule has 28 valence electrons. The minimum absolute atomic E-state index is 0. The van der Waals surface area contributed by atoms with Crippen molar-refractivity contribution < 1.29 is 4.70 Å². The van der Waals surface area contributed by atoms with Crippen molar-refractivity contribution in [2.24, 2.45) is 0 Å². The van der Waals surface area contributed by atoms with Crippen LogP contribution in [0.4, 0.5) is 4.70 Å². The molecule has 0 saturated heterocycles. The van der Waals surface area contributed by atoms with Crippen molar-refractivity contribution in [3.8, 4) is 0 Å². The Bertz CT molecular complexity index is 6.00. The average Bonchev–Trinajstić information content (AvgIpc) is 0. The second-order valence-electron chi connectivity index (χ2n) is 0. The van der Waals surface area contributed by atoms with E-state index in [1.165, 1.54) is 0 Å². The molecule has 0 aliphatic heterocycles. The molecule has 0 rings (SSSR count). The molecule has 0 saturated carbocycles. The SMILES string of the molecule is F.I.[PbH2].[PbH2]. The quantitative estimate of drug-likeness (QED) is 0.259. The van der Waals surface area contributed by atoms with Crippen molar-refractivity contribution in [1.82, 2.24) is 0 Å². The number of hydrogen-bond donors (Lipinski definition) is 0. The molecule has 0 N–H and O–H groups in total. The molecule has 0 nitrogen and oxygen atoms in total. The molecule has 0 aromatic carbocycles. The zero-order valence-electron chi connectivity index (χ0n) is 2.23. The van der Waals surface area contributed by atoms with Crippen molar-refractivity contribution in [1.29, 1.82) is 0 Å². The van der Waals surface area contributed by atoms with Gasteiger partial charge in [0.05, 0.1) is 0 Å².